The second-order valence-electron chi connectivity index (χ2n) is 5.00. The average molecular weight is 312 g/mol. The lowest BCUT2D eigenvalue weighted by atomic mass is 9.88. The Labute approximate surface area is 127 Å². The van der Waals surface area contributed by atoms with E-state index in [4.69, 9.17) is 17.3 Å². The van der Waals surface area contributed by atoms with Gasteiger partial charge in [0.1, 0.15) is 11.6 Å². The van der Waals surface area contributed by atoms with Gasteiger partial charge in [0.2, 0.25) is 0 Å². The zero-order valence-electron chi connectivity index (χ0n) is 11.5. The molecule has 2 nitrogen and oxygen atoms in total. The summed E-state index contributed by atoms with van der Waals surface area (Å²) < 4.78 is 26.7. The van der Waals surface area contributed by atoms with Gasteiger partial charge in [-0.1, -0.05) is 23.7 Å². The third kappa shape index (κ3) is 3.59. The van der Waals surface area contributed by atoms with Crippen LogP contribution in [0.2, 0.25) is 5.02 Å². The molecule has 0 aliphatic rings. The largest absolute Gasteiger partial charge is 0.388 e. The molecule has 0 spiro atoms. The molecule has 0 aliphatic heterocycles. The maximum Gasteiger partial charge on any atom is 0.126 e. The SMILES string of the molecule is Cc1cc(C(O)C(CN)c2cc(F)cc(F)c2)ccc1Cl. The van der Waals surface area contributed by atoms with Crippen LogP contribution in [0.4, 0.5) is 8.78 Å². The van der Waals surface area contributed by atoms with Crippen LogP contribution in [0.3, 0.4) is 0 Å². The minimum absolute atomic E-state index is 0.0612. The standard InChI is InChI=1S/C16H16ClF2NO/c1-9-4-10(2-3-15(9)17)16(21)14(8-20)11-5-12(18)7-13(19)6-11/h2-7,14,16,21H,8,20H2,1H3. The summed E-state index contributed by atoms with van der Waals surface area (Å²) in [6.45, 7) is 1.88. The zero-order chi connectivity index (χ0) is 15.6. The van der Waals surface area contributed by atoms with Gasteiger partial charge in [0.15, 0.2) is 0 Å². The van der Waals surface area contributed by atoms with Crippen molar-refractivity contribution in [3.63, 3.8) is 0 Å². The van der Waals surface area contributed by atoms with Crippen molar-refractivity contribution >= 4 is 11.6 Å². The second-order valence-corrected chi connectivity index (χ2v) is 5.41. The number of hydrogen-bond acceptors (Lipinski definition) is 2. The Bertz CT molecular complexity index is 628. The lowest BCUT2D eigenvalue weighted by Gasteiger charge is -2.23. The summed E-state index contributed by atoms with van der Waals surface area (Å²) in [5, 5.41) is 11.1. The first-order chi connectivity index (χ1) is 9.92. The highest BCUT2D eigenvalue weighted by Crippen LogP contribution is 2.32. The van der Waals surface area contributed by atoms with Crippen LogP contribution in [0.25, 0.3) is 0 Å². The Morgan fingerprint density at radius 1 is 1.10 bits per heavy atom. The van der Waals surface area contributed by atoms with Gasteiger partial charge in [-0.3, -0.25) is 0 Å². The lowest BCUT2D eigenvalue weighted by molar-refractivity contribution is 0.147. The molecule has 112 valence electrons. The fourth-order valence-electron chi connectivity index (χ4n) is 2.32. The molecular formula is C16H16ClF2NO. The van der Waals surface area contributed by atoms with E-state index in [9.17, 15) is 13.9 Å². The van der Waals surface area contributed by atoms with Crippen LogP contribution >= 0.6 is 11.6 Å². The molecule has 2 aromatic carbocycles. The zero-order valence-corrected chi connectivity index (χ0v) is 12.2. The van der Waals surface area contributed by atoms with Gasteiger partial charge in [-0.2, -0.15) is 0 Å². The van der Waals surface area contributed by atoms with Crippen LogP contribution in [0, 0.1) is 18.6 Å². The van der Waals surface area contributed by atoms with E-state index in [0.717, 1.165) is 11.6 Å². The number of nitrogens with two attached hydrogens (primary N) is 1. The van der Waals surface area contributed by atoms with Crippen molar-refractivity contribution in [3.05, 3.63) is 69.7 Å². The van der Waals surface area contributed by atoms with Gasteiger partial charge in [0, 0.05) is 23.6 Å². The van der Waals surface area contributed by atoms with Crippen molar-refractivity contribution in [2.45, 2.75) is 18.9 Å². The summed E-state index contributed by atoms with van der Waals surface area (Å²) in [7, 11) is 0. The molecule has 2 unspecified atom stereocenters. The van der Waals surface area contributed by atoms with E-state index in [1.54, 1.807) is 18.2 Å². The highest BCUT2D eigenvalue weighted by Gasteiger charge is 2.23. The molecule has 2 atom stereocenters. The smallest absolute Gasteiger partial charge is 0.126 e. The predicted molar refractivity (Wildman–Crippen MR) is 79.3 cm³/mol. The topological polar surface area (TPSA) is 46.2 Å². The molecule has 0 aliphatic carbocycles. The van der Waals surface area contributed by atoms with Gasteiger partial charge in [-0.05, 0) is 41.8 Å². The Hall–Kier alpha value is -1.49. The second kappa shape index (κ2) is 6.52. The Balaban J connectivity index is 2.37. The molecule has 0 bridgehead atoms. The lowest BCUT2D eigenvalue weighted by Crippen LogP contribution is -2.20. The minimum atomic E-state index is -0.966. The number of benzene rings is 2. The summed E-state index contributed by atoms with van der Waals surface area (Å²) in [4.78, 5) is 0. The van der Waals surface area contributed by atoms with Crippen molar-refractivity contribution in [2.75, 3.05) is 6.54 Å². The monoisotopic (exact) mass is 311 g/mol. The summed E-state index contributed by atoms with van der Waals surface area (Å²) in [5.74, 6) is -1.98. The summed E-state index contributed by atoms with van der Waals surface area (Å²) in [6, 6.07) is 8.26. The van der Waals surface area contributed by atoms with E-state index in [-0.39, 0.29) is 6.54 Å². The third-order valence-corrected chi connectivity index (χ3v) is 3.90. The molecule has 0 radical (unpaired) electrons. The number of aliphatic hydroxyl groups excluding tert-OH is 1. The van der Waals surface area contributed by atoms with E-state index in [2.05, 4.69) is 0 Å². The average Bonchev–Trinajstić information content (AvgIpc) is 2.41. The van der Waals surface area contributed by atoms with Gasteiger partial charge in [0.05, 0.1) is 6.10 Å². The van der Waals surface area contributed by atoms with Gasteiger partial charge in [0.25, 0.3) is 0 Å². The first-order valence-corrected chi connectivity index (χ1v) is 6.90. The van der Waals surface area contributed by atoms with Gasteiger partial charge >= 0.3 is 0 Å². The van der Waals surface area contributed by atoms with Crippen LogP contribution in [0.5, 0.6) is 0 Å². The maximum atomic E-state index is 13.3. The van der Waals surface area contributed by atoms with Gasteiger partial charge in [-0.25, -0.2) is 8.78 Å². The fraction of sp³-hybridized carbons (Fsp3) is 0.250. The fourth-order valence-corrected chi connectivity index (χ4v) is 2.44. The number of aliphatic hydroxyl groups is 1. The number of rotatable bonds is 4. The molecule has 5 heteroatoms. The van der Waals surface area contributed by atoms with Gasteiger partial charge < -0.3 is 10.8 Å². The molecule has 0 heterocycles. The number of aryl methyl sites for hydroxylation is 1. The first-order valence-electron chi connectivity index (χ1n) is 6.52. The van der Waals surface area contributed by atoms with E-state index in [1.165, 1.54) is 12.1 Å². The molecule has 0 saturated carbocycles. The van der Waals surface area contributed by atoms with Gasteiger partial charge in [-0.15, -0.1) is 0 Å². The normalized spacial score (nSPS) is 14.0. The van der Waals surface area contributed by atoms with Crippen LogP contribution in [-0.2, 0) is 0 Å². The molecule has 0 saturated heterocycles. The molecule has 21 heavy (non-hydrogen) atoms. The van der Waals surface area contributed by atoms with Crippen molar-refractivity contribution in [3.8, 4) is 0 Å². The van der Waals surface area contributed by atoms with Crippen molar-refractivity contribution in [2.24, 2.45) is 5.73 Å². The predicted octanol–water partition coefficient (Wildman–Crippen LogP) is 3.70. The highest BCUT2D eigenvalue weighted by atomic mass is 35.5. The van der Waals surface area contributed by atoms with E-state index in [0.29, 0.717) is 16.1 Å². The molecule has 0 aromatic heterocycles. The maximum absolute atomic E-state index is 13.3. The van der Waals surface area contributed by atoms with Crippen LogP contribution < -0.4 is 5.73 Å². The summed E-state index contributed by atoms with van der Waals surface area (Å²) >= 11 is 5.95. The molecule has 2 rings (SSSR count). The van der Waals surface area contributed by atoms with E-state index in [1.807, 2.05) is 6.92 Å². The van der Waals surface area contributed by atoms with Crippen molar-refractivity contribution < 1.29 is 13.9 Å². The van der Waals surface area contributed by atoms with E-state index >= 15 is 0 Å². The minimum Gasteiger partial charge on any atom is -0.388 e. The third-order valence-electron chi connectivity index (χ3n) is 3.47. The Kier molecular flexibility index (Phi) is 4.93. The van der Waals surface area contributed by atoms with E-state index < -0.39 is 23.7 Å². The van der Waals surface area contributed by atoms with Crippen LogP contribution in [0.1, 0.15) is 28.7 Å². The number of hydrogen-bond donors (Lipinski definition) is 2. The quantitative estimate of drug-likeness (QED) is 0.904. The Morgan fingerprint density at radius 2 is 1.71 bits per heavy atom. The molecule has 0 fully saturated rings. The number of halogens is 3. The molecule has 3 N–H and O–H groups in total. The van der Waals surface area contributed by atoms with Crippen LogP contribution in [0.15, 0.2) is 36.4 Å². The molecule has 2 aromatic rings. The molecular weight excluding hydrogens is 296 g/mol. The summed E-state index contributed by atoms with van der Waals surface area (Å²) in [5.41, 5.74) is 7.43. The van der Waals surface area contributed by atoms with Crippen molar-refractivity contribution in [1.82, 2.24) is 0 Å². The first kappa shape index (κ1) is 15.9. The highest BCUT2D eigenvalue weighted by molar-refractivity contribution is 6.31. The van der Waals surface area contributed by atoms with Crippen molar-refractivity contribution in [1.29, 1.82) is 0 Å². The Morgan fingerprint density at radius 3 is 2.24 bits per heavy atom. The van der Waals surface area contributed by atoms with Crippen LogP contribution in [-0.4, -0.2) is 11.7 Å². The summed E-state index contributed by atoms with van der Waals surface area (Å²) in [6.07, 6.45) is -0.966. The molecule has 0 amide bonds.